The first kappa shape index (κ1) is 19.5. The fraction of sp³-hybridized carbons (Fsp3) is 0.944. The third-order valence-corrected chi connectivity index (χ3v) is 4.41. The van der Waals surface area contributed by atoms with Crippen LogP contribution in [0.3, 0.4) is 0 Å². The van der Waals surface area contributed by atoms with Crippen molar-refractivity contribution in [3.05, 3.63) is 0 Å². The molecular formula is C18H37NO. The maximum Gasteiger partial charge on any atom is 0.225 e. The lowest BCUT2D eigenvalue weighted by Gasteiger charge is -2.34. The summed E-state index contributed by atoms with van der Waals surface area (Å²) in [5.74, 6) is 1.91. The lowest BCUT2D eigenvalue weighted by molar-refractivity contribution is -0.138. The standard InChI is InChI=1S/C16H31NO.C2H6/c1-6-14-9-8-10-15(14)17(7-2)16(18)13(5)11-12(3)4;1-2/h12-15H,6-11H2,1-5H3;1-2H3. The van der Waals surface area contributed by atoms with Gasteiger partial charge in [0.15, 0.2) is 0 Å². The van der Waals surface area contributed by atoms with E-state index in [1.54, 1.807) is 0 Å². The molecule has 0 spiro atoms. The van der Waals surface area contributed by atoms with Gasteiger partial charge in [-0.05, 0) is 38.0 Å². The molecule has 0 aliphatic heterocycles. The van der Waals surface area contributed by atoms with Gasteiger partial charge in [-0.1, -0.05) is 54.4 Å². The van der Waals surface area contributed by atoms with Gasteiger partial charge in [0.1, 0.15) is 0 Å². The van der Waals surface area contributed by atoms with E-state index in [2.05, 4.69) is 39.5 Å². The van der Waals surface area contributed by atoms with Crippen molar-refractivity contribution in [1.29, 1.82) is 0 Å². The highest BCUT2D eigenvalue weighted by molar-refractivity contribution is 5.78. The van der Waals surface area contributed by atoms with E-state index in [0.717, 1.165) is 18.9 Å². The normalized spacial score (nSPS) is 23.2. The second-order valence-electron chi connectivity index (χ2n) is 6.32. The molecule has 0 aromatic rings. The molecule has 0 aromatic carbocycles. The highest BCUT2D eigenvalue weighted by atomic mass is 16.2. The first-order valence-corrected chi connectivity index (χ1v) is 8.81. The minimum Gasteiger partial charge on any atom is -0.339 e. The van der Waals surface area contributed by atoms with Crippen LogP contribution in [-0.4, -0.2) is 23.4 Å². The summed E-state index contributed by atoms with van der Waals surface area (Å²) < 4.78 is 0. The van der Waals surface area contributed by atoms with Crippen LogP contribution in [0, 0.1) is 17.8 Å². The predicted octanol–water partition coefficient (Wildman–Crippen LogP) is 5.12. The van der Waals surface area contributed by atoms with Gasteiger partial charge in [-0.2, -0.15) is 0 Å². The largest absolute Gasteiger partial charge is 0.339 e. The molecular weight excluding hydrogens is 246 g/mol. The fourth-order valence-corrected chi connectivity index (χ4v) is 3.55. The summed E-state index contributed by atoms with van der Waals surface area (Å²) in [6.07, 6.45) is 6.05. The topological polar surface area (TPSA) is 20.3 Å². The van der Waals surface area contributed by atoms with Gasteiger partial charge in [0, 0.05) is 18.5 Å². The number of hydrogen-bond acceptors (Lipinski definition) is 1. The molecule has 0 heterocycles. The van der Waals surface area contributed by atoms with Crippen molar-refractivity contribution in [2.75, 3.05) is 6.54 Å². The molecule has 0 bridgehead atoms. The number of amides is 1. The van der Waals surface area contributed by atoms with Crippen molar-refractivity contribution in [3.8, 4) is 0 Å². The molecule has 3 atom stereocenters. The van der Waals surface area contributed by atoms with E-state index < -0.39 is 0 Å². The van der Waals surface area contributed by atoms with E-state index >= 15 is 0 Å². The summed E-state index contributed by atoms with van der Waals surface area (Å²) in [4.78, 5) is 14.8. The molecule has 3 unspecified atom stereocenters. The zero-order chi connectivity index (χ0) is 15.7. The van der Waals surface area contributed by atoms with Gasteiger partial charge in [-0.3, -0.25) is 4.79 Å². The van der Waals surface area contributed by atoms with Crippen molar-refractivity contribution >= 4 is 5.91 Å². The minimum atomic E-state index is 0.183. The first-order chi connectivity index (χ1) is 9.51. The molecule has 2 nitrogen and oxygen atoms in total. The third-order valence-electron chi connectivity index (χ3n) is 4.41. The Morgan fingerprint density at radius 2 is 1.75 bits per heavy atom. The highest BCUT2D eigenvalue weighted by Gasteiger charge is 2.34. The monoisotopic (exact) mass is 283 g/mol. The number of carbonyl (C=O) groups excluding carboxylic acids is 1. The van der Waals surface area contributed by atoms with Gasteiger partial charge in [0.05, 0.1) is 0 Å². The van der Waals surface area contributed by atoms with E-state index in [0.29, 0.717) is 17.9 Å². The Bertz CT molecular complexity index is 262. The lowest BCUT2D eigenvalue weighted by Crippen LogP contribution is -2.44. The van der Waals surface area contributed by atoms with Gasteiger partial charge >= 0.3 is 0 Å². The van der Waals surface area contributed by atoms with Crippen molar-refractivity contribution in [1.82, 2.24) is 4.90 Å². The van der Waals surface area contributed by atoms with Gasteiger partial charge in [-0.15, -0.1) is 0 Å². The second kappa shape index (κ2) is 10.2. The van der Waals surface area contributed by atoms with Crippen LogP contribution in [0.2, 0.25) is 0 Å². The van der Waals surface area contributed by atoms with Crippen LogP contribution < -0.4 is 0 Å². The summed E-state index contributed by atoms with van der Waals surface area (Å²) in [6, 6.07) is 0.516. The summed E-state index contributed by atoms with van der Waals surface area (Å²) >= 11 is 0. The fourth-order valence-electron chi connectivity index (χ4n) is 3.55. The zero-order valence-corrected chi connectivity index (χ0v) is 14.9. The zero-order valence-electron chi connectivity index (χ0n) is 14.9. The summed E-state index contributed by atoms with van der Waals surface area (Å²) in [7, 11) is 0. The highest BCUT2D eigenvalue weighted by Crippen LogP contribution is 2.33. The molecule has 0 N–H and O–H groups in total. The maximum absolute atomic E-state index is 12.6. The molecule has 1 aliphatic carbocycles. The SMILES string of the molecule is CC.CCC1CCCC1N(CC)C(=O)C(C)CC(C)C. The van der Waals surface area contributed by atoms with Gasteiger partial charge < -0.3 is 4.90 Å². The van der Waals surface area contributed by atoms with Crippen molar-refractivity contribution in [2.45, 2.75) is 86.6 Å². The molecule has 1 fully saturated rings. The van der Waals surface area contributed by atoms with Crippen LogP contribution in [0.1, 0.15) is 80.6 Å². The van der Waals surface area contributed by atoms with Crippen LogP contribution >= 0.6 is 0 Å². The van der Waals surface area contributed by atoms with Gasteiger partial charge in [0.2, 0.25) is 5.91 Å². The van der Waals surface area contributed by atoms with Crippen molar-refractivity contribution in [2.24, 2.45) is 17.8 Å². The summed E-state index contributed by atoms with van der Waals surface area (Å²) in [6.45, 7) is 15.8. The molecule has 1 saturated carbocycles. The Hall–Kier alpha value is -0.530. The Labute approximate surface area is 127 Å². The summed E-state index contributed by atoms with van der Waals surface area (Å²) in [5.41, 5.74) is 0. The number of carbonyl (C=O) groups is 1. The average Bonchev–Trinajstić information content (AvgIpc) is 2.89. The Morgan fingerprint density at radius 1 is 1.15 bits per heavy atom. The van der Waals surface area contributed by atoms with Crippen LogP contribution in [0.15, 0.2) is 0 Å². The van der Waals surface area contributed by atoms with Crippen LogP contribution in [0.5, 0.6) is 0 Å². The molecule has 0 radical (unpaired) electrons. The van der Waals surface area contributed by atoms with Crippen LogP contribution in [0.25, 0.3) is 0 Å². The molecule has 2 heteroatoms. The molecule has 1 amide bonds. The Kier molecular flexibility index (Phi) is 9.96. The van der Waals surface area contributed by atoms with Crippen LogP contribution in [-0.2, 0) is 4.79 Å². The van der Waals surface area contributed by atoms with E-state index in [1.807, 2.05) is 13.8 Å². The second-order valence-corrected chi connectivity index (χ2v) is 6.32. The third kappa shape index (κ3) is 5.46. The van der Waals surface area contributed by atoms with Crippen LogP contribution in [0.4, 0.5) is 0 Å². The van der Waals surface area contributed by atoms with E-state index in [1.165, 1.54) is 25.7 Å². The summed E-state index contributed by atoms with van der Waals surface area (Å²) in [5, 5.41) is 0. The first-order valence-electron chi connectivity index (χ1n) is 8.81. The predicted molar refractivity (Wildman–Crippen MR) is 88.8 cm³/mol. The van der Waals surface area contributed by atoms with E-state index in [-0.39, 0.29) is 5.92 Å². The van der Waals surface area contributed by atoms with Gasteiger partial charge in [0.25, 0.3) is 0 Å². The number of rotatable bonds is 6. The average molecular weight is 284 g/mol. The smallest absolute Gasteiger partial charge is 0.225 e. The Balaban J connectivity index is 0.00000172. The molecule has 1 rings (SSSR count). The lowest BCUT2D eigenvalue weighted by atomic mass is 9.94. The van der Waals surface area contributed by atoms with E-state index in [9.17, 15) is 4.79 Å². The Morgan fingerprint density at radius 3 is 2.20 bits per heavy atom. The van der Waals surface area contributed by atoms with Crippen molar-refractivity contribution in [3.63, 3.8) is 0 Å². The number of nitrogens with zero attached hydrogens (tertiary/aromatic N) is 1. The number of hydrogen-bond donors (Lipinski definition) is 0. The quantitative estimate of drug-likeness (QED) is 0.662. The van der Waals surface area contributed by atoms with Crippen molar-refractivity contribution < 1.29 is 4.79 Å². The molecule has 20 heavy (non-hydrogen) atoms. The molecule has 0 saturated heterocycles. The van der Waals surface area contributed by atoms with E-state index in [4.69, 9.17) is 0 Å². The molecule has 120 valence electrons. The molecule has 1 aliphatic rings. The maximum atomic E-state index is 12.6. The molecule has 0 aromatic heterocycles. The minimum absolute atomic E-state index is 0.183. The van der Waals surface area contributed by atoms with Gasteiger partial charge in [-0.25, -0.2) is 0 Å².